The van der Waals surface area contributed by atoms with E-state index >= 15 is 0 Å². The molecule has 32 heavy (non-hydrogen) atoms. The van der Waals surface area contributed by atoms with Crippen LogP contribution in [-0.2, 0) is 11.4 Å². The fraction of sp³-hybridized carbons (Fsp3) is 0.174. The summed E-state index contributed by atoms with van der Waals surface area (Å²) in [5, 5.41) is 10.8. The molecule has 0 bridgehead atoms. The summed E-state index contributed by atoms with van der Waals surface area (Å²) in [5.74, 6) is 1.14. The van der Waals surface area contributed by atoms with E-state index in [9.17, 15) is 19.5 Å². The molecule has 1 heterocycles. The van der Waals surface area contributed by atoms with Crippen LogP contribution >= 0.6 is 23.4 Å². The Labute approximate surface area is 193 Å². The Balaban J connectivity index is 1.86. The van der Waals surface area contributed by atoms with Gasteiger partial charge in [0.05, 0.1) is 29.0 Å². The summed E-state index contributed by atoms with van der Waals surface area (Å²) in [6, 6.07) is 9.39. The normalized spacial score (nSPS) is 14.5. The Hall–Kier alpha value is -3.41. The van der Waals surface area contributed by atoms with Crippen LogP contribution in [0.5, 0.6) is 11.5 Å². The molecule has 0 radical (unpaired) electrons. The van der Waals surface area contributed by atoms with Gasteiger partial charge in [-0.25, -0.2) is 0 Å². The smallest absolute Gasteiger partial charge is 0.294 e. The molecule has 1 aliphatic rings. The van der Waals surface area contributed by atoms with E-state index in [1.807, 2.05) is 0 Å². The average molecular weight is 471 g/mol. The van der Waals surface area contributed by atoms with Crippen molar-refractivity contribution in [2.24, 2.45) is 0 Å². The van der Waals surface area contributed by atoms with Crippen LogP contribution in [0.25, 0.3) is 6.08 Å². The Morgan fingerprint density at radius 3 is 2.75 bits per heavy atom. The van der Waals surface area contributed by atoms with E-state index in [0.29, 0.717) is 23.5 Å². The molecule has 1 fully saturated rings. The van der Waals surface area contributed by atoms with Gasteiger partial charge in [-0.15, -0.1) is 6.42 Å². The van der Waals surface area contributed by atoms with Gasteiger partial charge < -0.3 is 19.4 Å². The van der Waals surface area contributed by atoms with E-state index in [0.717, 1.165) is 16.7 Å². The molecule has 164 valence electrons. The minimum Gasteiger partial charge on any atom is -0.545 e. The van der Waals surface area contributed by atoms with Gasteiger partial charge in [-0.1, -0.05) is 35.7 Å². The lowest BCUT2D eigenvalue weighted by Gasteiger charge is -2.15. The first kappa shape index (κ1) is 23.3. The number of terminal acetylenes is 1. The zero-order valence-corrected chi connectivity index (χ0v) is 18.5. The monoisotopic (exact) mass is 470 g/mol. The second kappa shape index (κ2) is 10.3. The largest absolute Gasteiger partial charge is 0.545 e. The highest BCUT2D eigenvalue weighted by atomic mass is 35.5. The van der Waals surface area contributed by atoms with E-state index in [1.165, 1.54) is 18.2 Å². The van der Waals surface area contributed by atoms with Gasteiger partial charge in [0.2, 0.25) is 0 Å². The van der Waals surface area contributed by atoms with Crippen LogP contribution in [0.3, 0.4) is 0 Å². The molecular formula is C23H17ClNO6S-. The van der Waals surface area contributed by atoms with Gasteiger partial charge in [-0.05, 0) is 59.7 Å². The molecule has 0 N–H and O–H groups in total. The number of imide groups is 1. The standard InChI is InChI=1S/C23H18ClNO6S/c1-3-8-25-21(26)19(32-23(25)29)12-15-10-17(24)20(18(11-15)30-4-2)31-13-14-6-5-7-16(9-14)22(27)28/h1,5-7,9-12H,4,8,13H2,2H3,(H,27,28)/p-1/b19-12-. The number of nitrogens with zero attached hydrogens (tertiary/aromatic N) is 1. The summed E-state index contributed by atoms with van der Waals surface area (Å²) in [5.41, 5.74) is 1.18. The SMILES string of the molecule is C#CCN1C(=O)S/C(=C\c2cc(Cl)c(OCc3cccc(C(=O)[O-])c3)c(OCC)c2)C1=O. The summed E-state index contributed by atoms with van der Waals surface area (Å²) in [6.45, 7) is 2.07. The number of carbonyl (C=O) groups excluding carboxylic acids is 3. The maximum Gasteiger partial charge on any atom is 0.294 e. The number of thioether (sulfide) groups is 1. The number of hydrogen-bond acceptors (Lipinski definition) is 7. The fourth-order valence-electron chi connectivity index (χ4n) is 2.90. The molecule has 0 aliphatic carbocycles. The number of carbonyl (C=O) groups is 3. The summed E-state index contributed by atoms with van der Waals surface area (Å²) < 4.78 is 11.4. The number of ether oxygens (including phenoxy) is 2. The molecule has 2 aromatic rings. The molecule has 1 saturated heterocycles. The predicted octanol–water partition coefficient (Wildman–Crippen LogP) is 3.35. The predicted molar refractivity (Wildman–Crippen MR) is 119 cm³/mol. The van der Waals surface area contributed by atoms with Crippen molar-refractivity contribution in [3.8, 4) is 23.8 Å². The lowest BCUT2D eigenvalue weighted by atomic mass is 10.1. The lowest BCUT2D eigenvalue weighted by molar-refractivity contribution is -0.255. The van der Waals surface area contributed by atoms with Gasteiger partial charge in [0.25, 0.3) is 11.1 Å². The van der Waals surface area contributed by atoms with Gasteiger partial charge in [0.1, 0.15) is 6.61 Å². The van der Waals surface area contributed by atoms with Crippen molar-refractivity contribution in [1.82, 2.24) is 4.90 Å². The van der Waals surface area contributed by atoms with Gasteiger partial charge in [-0.3, -0.25) is 14.5 Å². The second-order valence-electron chi connectivity index (χ2n) is 6.51. The molecule has 0 atom stereocenters. The van der Waals surface area contributed by atoms with Crippen molar-refractivity contribution in [3.05, 3.63) is 63.0 Å². The molecular weight excluding hydrogens is 454 g/mol. The quantitative estimate of drug-likeness (QED) is 0.431. The first-order valence-corrected chi connectivity index (χ1v) is 10.6. The molecule has 1 aliphatic heterocycles. The van der Waals surface area contributed by atoms with Crippen LogP contribution in [0.4, 0.5) is 4.79 Å². The van der Waals surface area contributed by atoms with Crippen molar-refractivity contribution in [1.29, 1.82) is 0 Å². The third kappa shape index (κ3) is 5.25. The third-order valence-electron chi connectivity index (χ3n) is 4.30. The average Bonchev–Trinajstić information content (AvgIpc) is 3.01. The Morgan fingerprint density at radius 1 is 1.28 bits per heavy atom. The van der Waals surface area contributed by atoms with Crippen LogP contribution in [0, 0.1) is 12.3 Å². The first-order chi connectivity index (χ1) is 15.3. The van der Waals surface area contributed by atoms with Crippen molar-refractivity contribution in [3.63, 3.8) is 0 Å². The van der Waals surface area contributed by atoms with E-state index in [4.69, 9.17) is 27.5 Å². The summed E-state index contributed by atoms with van der Waals surface area (Å²) >= 11 is 7.20. The number of halogens is 1. The number of amides is 2. The zero-order chi connectivity index (χ0) is 23.3. The van der Waals surface area contributed by atoms with Crippen molar-refractivity contribution >= 4 is 46.6 Å². The van der Waals surface area contributed by atoms with E-state index < -0.39 is 17.1 Å². The van der Waals surface area contributed by atoms with E-state index in [1.54, 1.807) is 31.2 Å². The number of carboxylic acid groups (broad SMARTS) is 1. The van der Waals surface area contributed by atoms with Gasteiger partial charge in [-0.2, -0.15) is 0 Å². The van der Waals surface area contributed by atoms with E-state index in [-0.39, 0.29) is 34.4 Å². The molecule has 0 aromatic heterocycles. The lowest BCUT2D eigenvalue weighted by Crippen LogP contribution is -2.28. The fourth-order valence-corrected chi connectivity index (χ4v) is 4.01. The number of carboxylic acids is 1. The topological polar surface area (TPSA) is 96.0 Å². The number of benzene rings is 2. The highest BCUT2D eigenvalue weighted by molar-refractivity contribution is 8.18. The Bertz CT molecular complexity index is 1150. The molecule has 3 rings (SSSR count). The van der Waals surface area contributed by atoms with Crippen molar-refractivity contribution in [2.75, 3.05) is 13.2 Å². The molecule has 0 saturated carbocycles. The van der Waals surface area contributed by atoms with Crippen LogP contribution in [0.2, 0.25) is 5.02 Å². The highest BCUT2D eigenvalue weighted by Gasteiger charge is 2.34. The molecule has 2 amide bonds. The Morgan fingerprint density at radius 2 is 2.06 bits per heavy atom. The zero-order valence-electron chi connectivity index (χ0n) is 16.9. The number of rotatable bonds is 8. The summed E-state index contributed by atoms with van der Waals surface area (Å²) in [7, 11) is 0. The van der Waals surface area contributed by atoms with Crippen LogP contribution in [0.15, 0.2) is 41.3 Å². The highest BCUT2D eigenvalue weighted by Crippen LogP contribution is 2.39. The minimum absolute atomic E-state index is 0.0383. The molecule has 2 aromatic carbocycles. The van der Waals surface area contributed by atoms with E-state index in [2.05, 4.69) is 5.92 Å². The number of hydrogen-bond donors (Lipinski definition) is 0. The second-order valence-corrected chi connectivity index (χ2v) is 7.91. The molecule has 9 heteroatoms. The molecule has 7 nitrogen and oxygen atoms in total. The van der Waals surface area contributed by atoms with Crippen molar-refractivity contribution < 1.29 is 29.0 Å². The molecule has 0 unspecified atom stereocenters. The number of aromatic carboxylic acids is 1. The maximum absolute atomic E-state index is 12.4. The van der Waals surface area contributed by atoms with Gasteiger partial charge in [0, 0.05) is 0 Å². The van der Waals surface area contributed by atoms with Crippen LogP contribution in [-0.4, -0.2) is 35.2 Å². The van der Waals surface area contributed by atoms with Crippen molar-refractivity contribution in [2.45, 2.75) is 13.5 Å². The Kier molecular flexibility index (Phi) is 7.46. The van der Waals surface area contributed by atoms with Gasteiger partial charge >= 0.3 is 0 Å². The first-order valence-electron chi connectivity index (χ1n) is 9.42. The molecule has 0 spiro atoms. The maximum atomic E-state index is 12.4. The summed E-state index contributed by atoms with van der Waals surface area (Å²) in [6.07, 6.45) is 6.74. The van der Waals surface area contributed by atoms with Gasteiger partial charge in [0.15, 0.2) is 11.5 Å². The minimum atomic E-state index is -1.28. The summed E-state index contributed by atoms with van der Waals surface area (Å²) in [4.78, 5) is 36.6. The van der Waals surface area contributed by atoms with Crippen LogP contribution in [0.1, 0.15) is 28.4 Å². The van der Waals surface area contributed by atoms with Crippen LogP contribution < -0.4 is 14.6 Å². The third-order valence-corrected chi connectivity index (χ3v) is 5.49.